The summed E-state index contributed by atoms with van der Waals surface area (Å²) in [6.45, 7) is 0.964. The van der Waals surface area contributed by atoms with Gasteiger partial charge in [0.25, 0.3) is 10.0 Å². The van der Waals surface area contributed by atoms with E-state index in [1.165, 1.54) is 6.33 Å². The normalized spacial score (nSPS) is 17.7. The van der Waals surface area contributed by atoms with Crippen molar-refractivity contribution in [2.45, 2.75) is 36.7 Å². The fourth-order valence-electron chi connectivity index (χ4n) is 3.74. The second kappa shape index (κ2) is 8.75. The van der Waals surface area contributed by atoms with Crippen LogP contribution in [0.2, 0.25) is 0 Å². The second-order valence-electron chi connectivity index (χ2n) is 7.12. The number of rotatable bonds is 6. The minimum Gasteiger partial charge on any atom is -0.292 e. The van der Waals surface area contributed by atoms with Crippen LogP contribution in [0.15, 0.2) is 53.7 Å². The largest absolute Gasteiger partial charge is 0.292 e. The van der Waals surface area contributed by atoms with E-state index in [9.17, 15) is 17.2 Å². The Balaban J connectivity index is 1.58. The van der Waals surface area contributed by atoms with Crippen LogP contribution in [0.4, 0.5) is 13.9 Å². The van der Waals surface area contributed by atoms with Gasteiger partial charge in [0, 0.05) is 29.7 Å². The zero-order chi connectivity index (χ0) is 21.1. The van der Waals surface area contributed by atoms with Crippen LogP contribution in [0.3, 0.4) is 0 Å². The van der Waals surface area contributed by atoms with Crippen molar-refractivity contribution in [2.75, 3.05) is 11.3 Å². The van der Waals surface area contributed by atoms with Crippen LogP contribution >= 0.6 is 11.5 Å². The molecular formula is C20H20F2N4O2S2. The number of hydrogen-bond donors (Lipinski definition) is 1. The summed E-state index contributed by atoms with van der Waals surface area (Å²) in [5, 5.41) is -0.0158. The zero-order valence-corrected chi connectivity index (χ0v) is 17.6. The van der Waals surface area contributed by atoms with Gasteiger partial charge in [0.1, 0.15) is 22.9 Å². The van der Waals surface area contributed by atoms with Crippen molar-refractivity contribution in [2.24, 2.45) is 0 Å². The molecule has 0 amide bonds. The van der Waals surface area contributed by atoms with E-state index in [0.29, 0.717) is 0 Å². The first kappa shape index (κ1) is 20.8. The van der Waals surface area contributed by atoms with Crippen molar-refractivity contribution in [3.05, 3.63) is 71.6 Å². The monoisotopic (exact) mass is 450 g/mol. The van der Waals surface area contributed by atoms with Gasteiger partial charge >= 0.3 is 0 Å². The topological polar surface area (TPSA) is 75.2 Å². The number of sulfonamides is 1. The summed E-state index contributed by atoms with van der Waals surface area (Å²) < 4.78 is 60.1. The van der Waals surface area contributed by atoms with Crippen LogP contribution in [-0.4, -0.2) is 29.2 Å². The Labute approximate surface area is 177 Å². The lowest BCUT2D eigenvalue weighted by Crippen LogP contribution is -2.33. The highest BCUT2D eigenvalue weighted by atomic mass is 32.2. The van der Waals surface area contributed by atoms with E-state index >= 15 is 0 Å². The quantitative estimate of drug-likeness (QED) is 0.605. The third kappa shape index (κ3) is 4.50. The summed E-state index contributed by atoms with van der Waals surface area (Å²) in [6.07, 6.45) is 4.16. The van der Waals surface area contributed by atoms with Crippen molar-refractivity contribution in [3.63, 3.8) is 0 Å². The number of nitrogens with one attached hydrogen (secondary N) is 1. The van der Waals surface area contributed by atoms with E-state index in [1.54, 1.807) is 0 Å². The molecule has 1 aliphatic rings. The molecule has 0 radical (unpaired) electrons. The fraction of sp³-hybridized carbons (Fsp3) is 0.300. The van der Waals surface area contributed by atoms with Gasteiger partial charge < -0.3 is 0 Å². The molecule has 2 aromatic carbocycles. The van der Waals surface area contributed by atoms with Gasteiger partial charge in [-0.3, -0.25) is 9.62 Å². The molecule has 2 heterocycles. The highest BCUT2D eigenvalue weighted by Gasteiger charge is 2.27. The van der Waals surface area contributed by atoms with Gasteiger partial charge in [-0.1, -0.05) is 36.8 Å². The third-order valence-electron chi connectivity index (χ3n) is 5.14. The summed E-state index contributed by atoms with van der Waals surface area (Å²) in [5.41, 5.74) is 1.27. The highest BCUT2D eigenvalue weighted by molar-refractivity contribution is 7.93. The number of likely N-dealkylation sites (tertiary alicyclic amines) is 1. The van der Waals surface area contributed by atoms with Crippen LogP contribution < -0.4 is 4.72 Å². The molecular weight excluding hydrogens is 430 g/mol. The van der Waals surface area contributed by atoms with Gasteiger partial charge in [0.2, 0.25) is 5.13 Å². The average Bonchev–Trinajstić information content (AvgIpc) is 3.23. The predicted molar refractivity (Wildman–Crippen MR) is 111 cm³/mol. The molecule has 0 unspecified atom stereocenters. The molecule has 10 heteroatoms. The molecule has 0 bridgehead atoms. The van der Waals surface area contributed by atoms with Gasteiger partial charge in [-0.15, -0.1) is 0 Å². The van der Waals surface area contributed by atoms with Crippen LogP contribution in [0, 0.1) is 11.6 Å². The van der Waals surface area contributed by atoms with Crippen LogP contribution in [0.5, 0.6) is 0 Å². The van der Waals surface area contributed by atoms with E-state index in [0.717, 1.165) is 55.0 Å². The number of aromatic nitrogens is 2. The number of piperidine rings is 1. The van der Waals surface area contributed by atoms with Gasteiger partial charge in [-0.05, 0) is 37.1 Å². The van der Waals surface area contributed by atoms with Crippen LogP contribution in [0.1, 0.15) is 36.4 Å². The summed E-state index contributed by atoms with van der Waals surface area (Å²) in [4.78, 5) is 5.07. The number of hydrogen-bond acceptors (Lipinski definition) is 6. The molecule has 1 fully saturated rings. The Bertz CT molecular complexity index is 1110. The number of nitrogens with zero attached hydrogens (tertiary/aromatic N) is 3. The summed E-state index contributed by atoms with van der Waals surface area (Å²) in [5.74, 6) is -1.76. The van der Waals surface area contributed by atoms with Crippen molar-refractivity contribution >= 4 is 26.7 Å². The van der Waals surface area contributed by atoms with Gasteiger partial charge in [0.15, 0.2) is 0 Å². The van der Waals surface area contributed by atoms with E-state index in [2.05, 4.69) is 19.0 Å². The lowest BCUT2D eigenvalue weighted by molar-refractivity contribution is 0.138. The molecule has 1 aliphatic heterocycles. The van der Waals surface area contributed by atoms with E-state index in [4.69, 9.17) is 0 Å². The standard InChI is InChI=1S/C20H20F2N4O2S2/c21-16-11-19(30(27,28)25-20-23-13-24-29-20)17(22)10-15(16)12-26-9-5-4-8-18(26)14-6-2-1-3-7-14/h1-3,6-7,10-11,13,18H,4-5,8-9,12H2,(H,23,24,25)/t18-/m1/s1. The fourth-order valence-corrected chi connectivity index (χ4v) is 5.47. The summed E-state index contributed by atoms with van der Waals surface area (Å²) in [7, 11) is -4.31. The minimum absolute atomic E-state index is 0.0158. The van der Waals surface area contributed by atoms with Crippen molar-refractivity contribution in [1.29, 1.82) is 0 Å². The molecule has 30 heavy (non-hydrogen) atoms. The van der Waals surface area contributed by atoms with E-state index in [1.807, 2.05) is 30.3 Å². The molecule has 4 rings (SSSR count). The van der Waals surface area contributed by atoms with Gasteiger partial charge in [-0.25, -0.2) is 22.2 Å². The zero-order valence-electron chi connectivity index (χ0n) is 16.0. The predicted octanol–water partition coefficient (Wildman–Crippen LogP) is 4.34. The van der Waals surface area contributed by atoms with Crippen molar-refractivity contribution in [3.8, 4) is 0 Å². The Morgan fingerprint density at radius 2 is 1.93 bits per heavy atom. The Morgan fingerprint density at radius 1 is 1.13 bits per heavy atom. The average molecular weight is 451 g/mol. The molecule has 1 saturated heterocycles. The lowest BCUT2D eigenvalue weighted by Gasteiger charge is -2.36. The molecule has 0 aliphatic carbocycles. The smallest absolute Gasteiger partial charge is 0.266 e. The third-order valence-corrected chi connectivity index (χ3v) is 7.21. The SMILES string of the molecule is O=S(=O)(Nc1ncns1)c1cc(F)c(CN2CCCC[C@@H]2c2ccccc2)cc1F. The molecule has 3 aromatic rings. The molecule has 0 spiro atoms. The number of benzene rings is 2. The van der Waals surface area contributed by atoms with Gasteiger partial charge in [-0.2, -0.15) is 4.37 Å². The summed E-state index contributed by atoms with van der Waals surface area (Å²) in [6, 6.07) is 11.8. The Morgan fingerprint density at radius 3 is 2.67 bits per heavy atom. The second-order valence-corrected chi connectivity index (χ2v) is 9.55. The van der Waals surface area contributed by atoms with Crippen LogP contribution in [0.25, 0.3) is 0 Å². The van der Waals surface area contributed by atoms with Crippen molar-refractivity contribution in [1.82, 2.24) is 14.3 Å². The van der Waals surface area contributed by atoms with E-state index in [-0.39, 0.29) is 23.3 Å². The molecule has 0 saturated carbocycles. The lowest BCUT2D eigenvalue weighted by atomic mass is 9.94. The molecule has 6 nitrogen and oxygen atoms in total. The highest BCUT2D eigenvalue weighted by Crippen LogP contribution is 2.33. The Hall–Kier alpha value is -2.43. The maximum atomic E-state index is 14.8. The first-order chi connectivity index (χ1) is 14.4. The molecule has 158 valence electrons. The number of anilines is 1. The minimum atomic E-state index is -4.31. The van der Waals surface area contributed by atoms with Gasteiger partial charge in [0.05, 0.1) is 0 Å². The number of halogens is 2. The maximum Gasteiger partial charge on any atom is 0.266 e. The first-order valence-corrected chi connectivity index (χ1v) is 11.8. The van der Waals surface area contributed by atoms with Crippen LogP contribution in [-0.2, 0) is 16.6 Å². The van der Waals surface area contributed by atoms with E-state index < -0.39 is 26.6 Å². The molecule has 1 atom stereocenters. The Kier molecular flexibility index (Phi) is 6.07. The molecule has 1 aromatic heterocycles. The summed E-state index contributed by atoms with van der Waals surface area (Å²) >= 11 is 0.805. The molecule has 1 N–H and O–H groups in total. The maximum absolute atomic E-state index is 14.8. The van der Waals surface area contributed by atoms with Crippen molar-refractivity contribution < 1.29 is 17.2 Å². The first-order valence-electron chi connectivity index (χ1n) is 9.50.